The molecule has 2 unspecified atom stereocenters. The lowest BCUT2D eigenvalue weighted by Crippen LogP contribution is -2.48. The molecule has 20 heavy (non-hydrogen) atoms. The van der Waals surface area contributed by atoms with Crippen molar-refractivity contribution in [2.75, 3.05) is 5.75 Å². The lowest BCUT2D eigenvalue weighted by molar-refractivity contribution is -0.138. The van der Waals surface area contributed by atoms with Crippen LogP contribution in [-0.4, -0.2) is 37.7 Å². The number of aliphatic carboxylic acids is 1. The molecule has 0 spiro atoms. The van der Waals surface area contributed by atoms with Crippen LogP contribution in [0, 0.1) is 5.41 Å². The first kappa shape index (κ1) is 17.1. The first-order chi connectivity index (χ1) is 9.11. The van der Waals surface area contributed by atoms with E-state index in [1.54, 1.807) is 6.92 Å². The molecular weight excluding hydrogens is 278 g/mol. The van der Waals surface area contributed by atoms with Gasteiger partial charge in [0.05, 0.1) is 6.42 Å². The van der Waals surface area contributed by atoms with Crippen molar-refractivity contribution in [3.63, 3.8) is 0 Å². The first-order valence-corrected chi connectivity index (χ1v) is 8.40. The number of nitrogens with one attached hydrogen (secondary N) is 1. The predicted molar refractivity (Wildman–Crippen MR) is 78.9 cm³/mol. The zero-order valence-corrected chi connectivity index (χ0v) is 13.5. The Balaban J connectivity index is 2.55. The minimum absolute atomic E-state index is 0.0491. The van der Waals surface area contributed by atoms with E-state index in [1.165, 1.54) is 0 Å². The molecule has 0 aromatic carbocycles. The Morgan fingerprint density at radius 2 is 1.95 bits per heavy atom. The van der Waals surface area contributed by atoms with E-state index in [0.29, 0.717) is 5.75 Å². The average Bonchev–Trinajstić information content (AvgIpc) is 3.05. The zero-order chi connectivity index (χ0) is 15.6. The summed E-state index contributed by atoms with van der Waals surface area (Å²) >= 11 is 0. The molecule has 1 saturated carbocycles. The van der Waals surface area contributed by atoms with Gasteiger partial charge >= 0.3 is 5.97 Å². The summed E-state index contributed by atoms with van der Waals surface area (Å²) in [6.45, 7) is 7.47. The van der Waals surface area contributed by atoms with E-state index in [2.05, 4.69) is 5.32 Å². The number of amides is 1. The Hall–Kier alpha value is -0.910. The van der Waals surface area contributed by atoms with Gasteiger partial charge in [0.25, 0.3) is 0 Å². The number of carboxylic acids is 1. The average molecular weight is 303 g/mol. The molecule has 116 valence electrons. The quantitative estimate of drug-likeness (QED) is 0.714. The maximum atomic E-state index is 12.3. The Morgan fingerprint density at radius 3 is 2.35 bits per heavy atom. The molecule has 0 aromatic rings. The fourth-order valence-corrected chi connectivity index (χ4v) is 3.48. The molecule has 0 aliphatic heterocycles. The molecule has 6 heteroatoms. The number of carbonyl (C=O) groups excluding carboxylic acids is 1. The highest BCUT2D eigenvalue weighted by atomic mass is 32.2. The second kappa shape index (κ2) is 6.24. The Morgan fingerprint density at radius 1 is 1.40 bits per heavy atom. The van der Waals surface area contributed by atoms with Crippen molar-refractivity contribution < 1.29 is 18.9 Å². The molecule has 1 fully saturated rings. The van der Waals surface area contributed by atoms with Crippen molar-refractivity contribution in [1.82, 2.24) is 5.32 Å². The van der Waals surface area contributed by atoms with Gasteiger partial charge in [-0.1, -0.05) is 6.92 Å². The van der Waals surface area contributed by atoms with Crippen molar-refractivity contribution in [1.29, 1.82) is 0 Å². The predicted octanol–water partition coefficient (Wildman–Crippen LogP) is 1.68. The summed E-state index contributed by atoms with van der Waals surface area (Å²) in [6, 6.07) is 0. The summed E-state index contributed by atoms with van der Waals surface area (Å²) < 4.78 is 12.3. The number of hydrogen-bond acceptors (Lipinski definition) is 3. The van der Waals surface area contributed by atoms with Gasteiger partial charge in [-0.15, -0.1) is 0 Å². The van der Waals surface area contributed by atoms with Crippen LogP contribution < -0.4 is 5.32 Å². The number of carbonyl (C=O) groups is 2. The van der Waals surface area contributed by atoms with Gasteiger partial charge in [0, 0.05) is 22.1 Å². The highest BCUT2D eigenvalue weighted by molar-refractivity contribution is 7.86. The summed E-state index contributed by atoms with van der Waals surface area (Å²) in [6.07, 6.45) is 2.42. The molecule has 2 atom stereocenters. The Kier molecular flexibility index (Phi) is 5.35. The van der Waals surface area contributed by atoms with Gasteiger partial charge in [-0.2, -0.15) is 0 Å². The largest absolute Gasteiger partial charge is 0.481 e. The molecule has 1 aliphatic carbocycles. The van der Waals surface area contributed by atoms with Crippen LogP contribution in [-0.2, 0) is 20.4 Å². The lowest BCUT2D eigenvalue weighted by Gasteiger charge is -2.26. The molecular formula is C14H25NO4S. The molecule has 2 N–H and O–H groups in total. The molecule has 0 aromatic heterocycles. The third-order valence-corrected chi connectivity index (χ3v) is 5.94. The molecule has 1 amide bonds. The van der Waals surface area contributed by atoms with Crippen molar-refractivity contribution in [2.45, 2.75) is 64.2 Å². The number of hydrogen-bond donors (Lipinski definition) is 2. The fourth-order valence-electron chi connectivity index (χ4n) is 1.94. The third-order valence-electron chi connectivity index (χ3n) is 4.04. The van der Waals surface area contributed by atoms with Crippen LogP contribution in [0.1, 0.15) is 53.4 Å². The van der Waals surface area contributed by atoms with Crippen molar-refractivity contribution in [3.05, 3.63) is 0 Å². The van der Waals surface area contributed by atoms with E-state index in [-0.39, 0.29) is 23.3 Å². The van der Waals surface area contributed by atoms with E-state index in [1.807, 2.05) is 20.8 Å². The zero-order valence-electron chi connectivity index (χ0n) is 12.7. The monoisotopic (exact) mass is 303 g/mol. The fraction of sp³-hybridized carbons (Fsp3) is 0.857. The smallest absolute Gasteiger partial charge is 0.303 e. The summed E-state index contributed by atoms with van der Waals surface area (Å²) in [4.78, 5) is 22.9. The lowest BCUT2D eigenvalue weighted by atomic mass is 10.0. The van der Waals surface area contributed by atoms with Crippen LogP contribution in [0.25, 0.3) is 0 Å². The molecule has 5 nitrogen and oxygen atoms in total. The maximum absolute atomic E-state index is 12.3. The normalized spacial score (nSPS) is 20.0. The molecule has 0 heterocycles. The van der Waals surface area contributed by atoms with E-state index in [9.17, 15) is 13.8 Å². The standard InChI is InChI=1S/C14H25NO4S/c1-5-13(3,4)15-12(18)10(2)20(19)9-14(6-7-14)8-11(16)17/h10H,5-9H2,1-4H3,(H,15,18)(H,16,17). The minimum atomic E-state index is -1.33. The van der Waals surface area contributed by atoms with Gasteiger partial charge in [-0.25, -0.2) is 0 Å². The summed E-state index contributed by atoms with van der Waals surface area (Å²) in [5.41, 5.74) is -0.653. The number of rotatable bonds is 8. The van der Waals surface area contributed by atoms with Crippen LogP contribution in [0.4, 0.5) is 0 Å². The van der Waals surface area contributed by atoms with Gasteiger partial charge in [0.2, 0.25) is 5.91 Å². The maximum Gasteiger partial charge on any atom is 0.303 e. The van der Waals surface area contributed by atoms with Crippen LogP contribution in [0.15, 0.2) is 0 Å². The summed E-state index contributed by atoms with van der Waals surface area (Å²) in [5, 5.41) is 11.1. The van der Waals surface area contributed by atoms with Crippen LogP contribution in [0.3, 0.4) is 0 Å². The van der Waals surface area contributed by atoms with Gasteiger partial charge in [0.15, 0.2) is 0 Å². The van der Waals surface area contributed by atoms with Crippen molar-refractivity contribution in [2.24, 2.45) is 5.41 Å². The van der Waals surface area contributed by atoms with E-state index in [4.69, 9.17) is 5.11 Å². The second-order valence-electron chi connectivity index (χ2n) is 6.46. The molecule has 1 rings (SSSR count). The highest BCUT2D eigenvalue weighted by Gasteiger charge is 2.46. The van der Waals surface area contributed by atoms with Crippen molar-refractivity contribution in [3.8, 4) is 0 Å². The van der Waals surface area contributed by atoms with E-state index in [0.717, 1.165) is 19.3 Å². The SMILES string of the molecule is CCC(C)(C)NC(=O)C(C)S(=O)CC1(CC(=O)O)CC1. The third kappa shape index (κ3) is 4.89. The van der Waals surface area contributed by atoms with E-state index >= 15 is 0 Å². The Labute approximate surface area is 123 Å². The summed E-state index contributed by atoms with van der Waals surface area (Å²) in [5.74, 6) is -0.773. The molecule has 0 radical (unpaired) electrons. The van der Waals surface area contributed by atoms with Gasteiger partial charge in [-0.05, 0) is 45.4 Å². The van der Waals surface area contributed by atoms with Crippen LogP contribution in [0.2, 0.25) is 0 Å². The minimum Gasteiger partial charge on any atom is -0.481 e. The summed E-state index contributed by atoms with van der Waals surface area (Å²) in [7, 11) is -1.33. The van der Waals surface area contributed by atoms with Crippen molar-refractivity contribution >= 4 is 22.7 Å². The van der Waals surface area contributed by atoms with Gasteiger partial charge in [0.1, 0.15) is 5.25 Å². The molecule has 0 saturated heterocycles. The van der Waals surface area contributed by atoms with Crippen LogP contribution >= 0.6 is 0 Å². The molecule has 0 bridgehead atoms. The topological polar surface area (TPSA) is 83.5 Å². The van der Waals surface area contributed by atoms with Gasteiger partial charge < -0.3 is 10.4 Å². The Bertz CT molecular complexity index is 415. The second-order valence-corrected chi connectivity index (χ2v) is 8.22. The first-order valence-electron chi connectivity index (χ1n) is 7.02. The van der Waals surface area contributed by atoms with Crippen LogP contribution in [0.5, 0.6) is 0 Å². The number of carboxylic acid groups (broad SMARTS) is 1. The van der Waals surface area contributed by atoms with E-state index < -0.39 is 22.0 Å². The van der Waals surface area contributed by atoms with Gasteiger partial charge in [-0.3, -0.25) is 13.8 Å². The highest BCUT2D eigenvalue weighted by Crippen LogP contribution is 2.49. The molecule has 1 aliphatic rings.